The number of imide groups is 2. The summed E-state index contributed by atoms with van der Waals surface area (Å²) in [6.45, 7) is 4.18. The van der Waals surface area contributed by atoms with Crippen LogP contribution in [0.5, 0.6) is 11.5 Å². The molecule has 0 saturated carbocycles. The molecular formula is C27H21Cl2IN2O5. The van der Waals surface area contributed by atoms with Gasteiger partial charge in [0, 0.05) is 10.0 Å². The van der Waals surface area contributed by atoms with Crippen LogP contribution in [0.2, 0.25) is 10.0 Å². The molecule has 4 rings (SSSR count). The fraction of sp³-hybridized carbons (Fsp3) is 0.148. The van der Waals surface area contributed by atoms with E-state index in [1.807, 2.05) is 25.1 Å². The minimum Gasteiger partial charge on any atom is -0.490 e. The van der Waals surface area contributed by atoms with Crippen LogP contribution in [0.3, 0.4) is 0 Å². The number of anilines is 1. The average molecular weight is 651 g/mol. The van der Waals surface area contributed by atoms with Crippen LogP contribution >= 0.6 is 45.8 Å². The number of ether oxygens (including phenoxy) is 2. The first-order valence-electron chi connectivity index (χ1n) is 11.2. The van der Waals surface area contributed by atoms with Crippen LogP contribution in [0.4, 0.5) is 10.5 Å². The van der Waals surface area contributed by atoms with Crippen molar-refractivity contribution in [1.29, 1.82) is 0 Å². The minimum absolute atomic E-state index is 0.204. The van der Waals surface area contributed by atoms with E-state index in [-0.39, 0.29) is 12.2 Å². The highest BCUT2D eigenvalue weighted by molar-refractivity contribution is 14.1. The molecule has 190 valence electrons. The normalized spacial score (nSPS) is 14.7. The molecule has 7 nitrogen and oxygen atoms in total. The third-order valence-corrected chi connectivity index (χ3v) is 6.94. The van der Waals surface area contributed by atoms with Crippen LogP contribution in [-0.2, 0) is 16.2 Å². The van der Waals surface area contributed by atoms with Crippen molar-refractivity contribution in [2.24, 2.45) is 0 Å². The van der Waals surface area contributed by atoms with Gasteiger partial charge in [-0.15, -0.1) is 0 Å². The first-order valence-corrected chi connectivity index (χ1v) is 13.0. The van der Waals surface area contributed by atoms with Gasteiger partial charge in [-0.2, -0.15) is 0 Å². The first kappa shape index (κ1) is 27.0. The lowest BCUT2D eigenvalue weighted by Crippen LogP contribution is -2.54. The van der Waals surface area contributed by atoms with Crippen molar-refractivity contribution in [3.8, 4) is 11.5 Å². The summed E-state index contributed by atoms with van der Waals surface area (Å²) in [6, 6.07) is 14.8. The van der Waals surface area contributed by atoms with Gasteiger partial charge in [-0.25, -0.2) is 9.69 Å². The molecular weight excluding hydrogens is 630 g/mol. The van der Waals surface area contributed by atoms with Crippen molar-refractivity contribution in [2.45, 2.75) is 20.5 Å². The van der Waals surface area contributed by atoms with Crippen molar-refractivity contribution in [1.82, 2.24) is 5.32 Å². The van der Waals surface area contributed by atoms with E-state index in [4.69, 9.17) is 32.7 Å². The molecule has 0 aromatic heterocycles. The molecule has 10 heteroatoms. The largest absolute Gasteiger partial charge is 0.490 e. The van der Waals surface area contributed by atoms with Crippen LogP contribution in [0.15, 0.2) is 60.2 Å². The molecule has 0 radical (unpaired) electrons. The molecule has 0 aliphatic carbocycles. The zero-order valence-electron chi connectivity index (χ0n) is 19.8. The van der Waals surface area contributed by atoms with Crippen LogP contribution in [0, 0.1) is 10.5 Å². The van der Waals surface area contributed by atoms with E-state index in [1.165, 1.54) is 6.08 Å². The molecule has 3 aromatic rings. The Morgan fingerprint density at radius 2 is 1.78 bits per heavy atom. The lowest BCUT2D eigenvalue weighted by molar-refractivity contribution is -0.122. The Kier molecular flexibility index (Phi) is 8.41. The molecule has 1 heterocycles. The van der Waals surface area contributed by atoms with Gasteiger partial charge in [0.25, 0.3) is 11.8 Å². The number of hydrogen-bond donors (Lipinski definition) is 1. The minimum atomic E-state index is -0.841. The van der Waals surface area contributed by atoms with E-state index in [0.29, 0.717) is 48.5 Å². The van der Waals surface area contributed by atoms with E-state index in [0.717, 1.165) is 10.5 Å². The van der Waals surface area contributed by atoms with E-state index in [1.54, 1.807) is 43.3 Å². The maximum Gasteiger partial charge on any atom is 0.335 e. The summed E-state index contributed by atoms with van der Waals surface area (Å²) >= 11 is 14.4. The van der Waals surface area contributed by atoms with Gasteiger partial charge in [0.05, 0.1) is 15.9 Å². The lowest BCUT2D eigenvalue weighted by Gasteiger charge is -2.27. The Morgan fingerprint density at radius 1 is 1.03 bits per heavy atom. The monoisotopic (exact) mass is 650 g/mol. The van der Waals surface area contributed by atoms with Crippen molar-refractivity contribution in [2.75, 3.05) is 11.5 Å². The number of amides is 4. The van der Waals surface area contributed by atoms with Gasteiger partial charge in [-0.3, -0.25) is 14.9 Å². The topological polar surface area (TPSA) is 84.9 Å². The zero-order chi connectivity index (χ0) is 26.7. The Balaban J connectivity index is 1.68. The second-order valence-electron chi connectivity index (χ2n) is 8.02. The van der Waals surface area contributed by atoms with Crippen LogP contribution in [-0.4, -0.2) is 24.5 Å². The number of urea groups is 1. The van der Waals surface area contributed by atoms with Gasteiger partial charge in [0.1, 0.15) is 12.2 Å². The molecule has 1 fully saturated rings. The summed E-state index contributed by atoms with van der Waals surface area (Å²) in [6.07, 6.45) is 1.42. The highest BCUT2D eigenvalue weighted by Crippen LogP contribution is 2.36. The number of carbonyl (C=O) groups is 3. The predicted molar refractivity (Wildman–Crippen MR) is 151 cm³/mol. The first-order chi connectivity index (χ1) is 17.7. The molecule has 1 aliphatic heterocycles. The Bertz CT molecular complexity index is 1440. The number of carbonyl (C=O) groups excluding carboxylic acids is 3. The number of rotatable bonds is 7. The van der Waals surface area contributed by atoms with E-state index >= 15 is 0 Å². The third-order valence-electron chi connectivity index (χ3n) is 5.50. The van der Waals surface area contributed by atoms with Gasteiger partial charge in [-0.1, -0.05) is 41.4 Å². The zero-order valence-corrected chi connectivity index (χ0v) is 23.5. The fourth-order valence-electron chi connectivity index (χ4n) is 3.74. The predicted octanol–water partition coefficient (Wildman–Crippen LogP) is 6.55. The van der Waals surface area contributed by atoms with Crippen LogP contribution < -0.4 is 19.7 Å². The van der Waals surface area contributed by atoms with Crippen molar-refractivity contribution in [3.63, 3.8) is 0 Å². The SMILES string of the molecule is CCOc1cc(/C=C2\C(=O)NC(=O)N(c3cccc(Cl)c3C)C2=O)cc(I)c1OCc1cccc(Cl)c1. The van der Waals surface area contributed by atoms with Gasteiger partial charge >= 0.3 is 6.03 Å². The van der Waals surface area contributed by atoms with E-state index < -0.39 is 17.8 Å². The molecule has 1 saturated heterocycles. The fourth-order valence-corrected chi connectivity index (χ4v) is 4.90. The average Bonchev–Trinajstić information content (AvgIpc) is 2.84. The highest BCUT2D eigenvalue weighted by atomic mass is 127. The number of barbiturate groups is 1. The van der Waals surface area contributed by atoms with Crippen LogP contribution in [0.25, 0.3) is 6.08 Å². The third kappa shape index (κ3) is 5.92. The Morgan fingerprint density at radius 3 is 2.51 bits per heavy atom. The summed E-state index contributed by atoms with van der Waals surface area (Å²) in [4.78, 5) is 39.5. The molecule has 0 atom stereocenters. The quantitative estimate of drug-likeness (QED) is 0.178. The molecule has 37 heavy (non-hydrogen) atoms. The maximum atomic E-state index is 13.3. The Labute approximate surface area is 237 Å². The summed E-state index contributed by atoms with van der Waals surface area (Å²) in [5.41, 5.74) is 2.05. The van der Waals surface area contributed by atoms with Crippen molar-refractivity contribution in [3.05, 3.63) is 90.5 Å². The molecule has 0 spiro atoms. The highest BCUT2D eigenvalue weighted by Gasteiger charge is 2.37. The van der Waals surface area contributed by atoms with E-state index in [2.05, 4.69) is 27.9 Å². The van der Waals surface area contributed by atoms with Gasteiger partial charge in [0.2, 0.25) is 0 Å². The molecule has 1 aliphatic rings. The molecule has 3 aromatic carbocycles. The van der Waals surface area contributed by atoms with Crippen molar-refractivity contribution >= 4 is 75.4 Å². The second kappa shape index (κ2) is 11.5. The number of nitrogens with zero attached hydrogens (tertiary/aromatic N) is 1. The number of halogens is 3. The number of nitrogens with one attached hydrogen (secondary N) is 1. The lowest BCUT2D eigenvalue weighted by atomic mass is 10.1. The standard InChI is InChI=1S/C27H21Cl2IN2O5/c1-3-36-23-13-17(12-21(30)24(23)37-14-16-6-4-7-18(28)10-16)11-19-25(33)31-27(35)32(26(19)34)22-9-5-8-20(29)15(22)2/h4-13H,3,14H2,1-2H3,(H,31,33,35)/b19-11+. The second-order valence-corrected chi connectivity index (χ2v) is 10.0. The summed E-state index contributed by atoms with van der Waals surface area (Å²) < 4.78 is 12.5. The molecule has 4 amide bonds. The van der Waals surface area contributed by atoms with Crippen LogP contribution in [0.1, 0.15) is 23.6 Å². The smallest absolute Gasteiger partial charge is 0.335 e. The summed E-state index contributed by atoms with van der Waals surface area (Å²) in [5.74, 6) is -0.575. The number of benzene rings is 3. The molecule has 0 bridgehead atoms. The van der Waals surface area contributed by atoms with Crippen molar-refractivity contribution < 1.29 is 23.9 Å². The van der Waals surface area contributed by atoms with Gasteiger partial charge in [0.15, 0.2) is 11.5 Å². The maximum absolute atomic E-state index is 13.3. The molecule has 0 unspecified atom stereocenters. The summed E-state index contributed by atoms with van der Waals surface area (Å²) in [7, 11) is 0. The van der Waals surface area contributed by atoms with Gasteiger partial charge in [-0.05, 0) is 95.6 Å². The summed E-state index contributed by atoms with van der Waals surface area (Å²) in [5, 5.41) is 3.23. The van der Waals surface area contributed by atoms with Gasteiger partial charge < -0.3 is 9.47 Å². The molecule has 1 N–H and O–H groups in total. The van der Waals surface area contributed by atoms with E-state index in [9.17, 15) is 14.4 Å². The number of hydrogen-bond acceptors (Lipinski definition) is 5. The Hall–Kier alpha value is -3.08.